The molecular weight excluding hydrogens is 394 g/mol. The van der Waals surface area contributed by atoms with E-state index in [2.05, 4.69) is 15.7 Å². The van der Waals surface area contributed by atoms with Gasteiger partial charge in [0.1, 0.15) is 11.2 Å². The molecule has 0 bridgehead atoms. The number of carbonyl (C=O) groups is 3. The zero-order valence-corrected chi connectivity index (χ0v) is 18.1. The summed E-state index contributed by atoms with van der Waals surface area (Å²) in [7, 11) is 1.61. The SMILES string of the molecule is CN1C(=O)c2cc(C(=O)NC3CCCCC3)nn2C[C@@]1(C)C(=O)NCc1ccccc1. The highest BCUT2D eigenvalue weighted by Gasteiger charge is 2.46. The Hall–Kier alpha value is -3.16. The number of fused-ring (bicyclic) bond motifs is 1. The van der Waals surface area contributed by atoms with Crippen molar-refractivity contribution in [2.24, 2.45) is 0 Å². The summed E-state index contributed by atoms with van der Waals surface area (Å²) in [5.74, 6) is -0.853. The maximum absolute atomic E-state index is 13.0. The third-order valence-corrected chi connectivity index (χ3v) is 6.46. The van der Waals surface area contributed by atoms with Gasteiger partial charge in [0.05, 0.1) is 6.54 Å². The Morgan fingerprint density at radius 3 is 2.58 bits per heavy atom. The largest absolute Gasteiger partial charge is 0.350 e. The minimum atomic E-state index is -1.11. The molecule has 1 aliphatic heterocycles. The fourth-order valence-electron chi connectivity index (χ4n) is 4.31. The van der Waals surface area contributed by atoms with Gasteiger partial charge in [0.25, 0.3) is 11.8 Å². The van der Waals surface area contributed by atoms with Gasteiger partial charge in [-0.25, -0.2) is 0 Å². The number of hydrogen-bond donors (Lipinski definition) is 2. The maximum atomic E-state index is 13.0. The highest BCUT2D eigenvalue weighted by Crippen LogP contribution is 2.26. The second-order valence-electron chi connectivity index (χ2n) is 8.69. The van der Waals surface area contributed by atoms with Crippen LogP contribution in [0, 0.1) is 0 Å². The molecule has 8 heteroatoms. The number of nitrogens with zero attached hydrogens (tertiary/aromatic N) is 3. The Bertz CT molecular complexity index is 980. The number of benzene rings is 1. The fraction of sp³-hybridized carbons (Fsp3) is 0.478. The van der Waals surface area contributed by atoms with E-state index in [1.54, 1.807) is 14.0 Å². The molecular formula is C23H29N5O3. The summed E-state index contributed by atoms with van der Waals surface area (Å²) in [6.45, 7) is 2.28. The van der Waals surface area contributed by atoms with E-state index in [4.69, 9.17) is 0 Å². The number of carbonyl (C=O) groups excluding carboxylic acids is 3. The summed E-state index contributed by atoms with van der Waals surface area (Å²) in [6.07, 6.45) is 5.38. The lowest BCUT2D eigenvalue weighted by molar-refractivity contribution is -0.132. The molecule has 3 amide bonds. The molecule has 0 radical (unpaired) electrons. The van der Waals surface area contributed by atoms with Gasteiger partial charge in [0, 0.05) is 25.7 Å². The molecule has 8 nitrogen and oxygen atoms in total. The van der Waals surface area contributed by atoms with Crippen LogP contribution in [0.2, 0.25) is 0 Å². The molecule has 1 aromatic heterocycles. The average Bonchev–Trinajstić information content (AvgIpc) is 3.21. The standard InChI is InChI=1S/C23H29N5O3/c1-23(22(31)24-14-16-9-5-3-6-10-16)15-28-19(21(30)27(23)2)13-18(26-28)20(29)25-17-11-7-4-8-12-17/h3,5-6,9-10,13,17H,4,7-8,11-12,14-15H2,1-2H3,(H,24,31)(H,25,29)/t23-/m0/s1. The lowest BCUT2D eigenvalue weighted by Gasteiger charge is -2.40. The highest BCUT2D eigenvalue weighted by molar-refractivity contribution is 6.01. The Kier molecular flexibility index (Phi) is 5.80. The minimum Gasteiger partial charge on any atom is -0.350 e. The molecule has 1 aliphatic carbocycles. The fourth-order valence-corrected chi connectivity index (χ4v) is 4.31. The molecule has 1 atom stereocenters. The zero-order chi connectivity index (χ0) is 22.0. The van der Waals surface area contributed by atoms with Crippen molar-refractivity contribution in [3.05, 3.63) is 53.3 Å². The smallest absolute Gasteiger partial charge is 0.272 e. The molecule has 1 fully saturated rings. The zero-order valence-electron chi connectivity index (χ0n) is 18.1. The van der Waals surface area contributed by atoms with Gasteiger partial charge in [-0.2, -0.15) is 5.10 Å². The summed E-state index contributed by atoms with van der Waals surface area (Å²) in [5, 5.41) is 10.3. The van der Waals surface area contributed by atoms with E-state index in [1.165, 1.54) is 22.1 Å². The van der Waals surface area contributed by atoms with Gasteiger partial charge < -0.3 is 15.5 Å². The van der Waals surface area contributed by atoms with Gasteiger partial charge in [-0.3, -0.25) is 19.1 Å². The Morgan fingerprint density at radius 1 is 1.16 bits per heavy atom. The van der Waals surface area contributed by atoms with Crippen LogP contribution in [-0.4, -0.2) is 51.0 Å². The molecule has 2 aromatic rings. The monoisotopic (exact) mass is 423 g/mol. The number of aromatic nitrogens is 2. The molecule has 1 aromatic carbocycles. The van der Waals surface area contributed by atoms with Crippen LogP contribution in [0.3, 0.4) is 0 Å². The van der Waals surface area contributed by atoms with E-state index < -0.39 is 5.54 Å². The lowest BCUT2D eigenvalue weighted by Crippen LogP contribution is -2.62. The summed E-state index contributed by atoms with van der Waals surface area (Å²) < 4.78 is 1.49. The van der Waals surface area contributed by atoms with Crippen molar-refractivity contribution in [3.63, 3.8) is 0 Å². The first kappa shape index (κ1) is 21.1. The van der Waals surface area contributed by atoms with E-state index in [9.17, 15) is 14.4 Å². The summed E-state index contributed by atoms with van der Waals surface area (Å²) in [6, 6.07) is 11.3. The molecule has 1 saturated carbocycles. The van der Waals surface area contributed by atoms with Crippen molar-refractivity contribution >= 4 is 17.7 Å². The predicted octanol–water partition coefficient (Wildman–Crippen LogP) is 2.11. The quantitative estimate of drug-likeness (QED) is 0.770. The number of hydrogen-bond acceptors (Lipinski definition) is 4. The highest BCUT2D eigenvalue weighted by atomic mass is 16.2. The minimum absolute atomic E-state index is 0.160. The van der Waals surface area contributed by atoms with E-state index in [0.29, 0.717) is 12.2 Å². The van der Waals surface area contributed by atoms with Crippen molar-refractivity contribution < 1.29 is 14.4 Å². The van der Waals surface area contributed by atoms with Crippen LogP contribution in [0.15, 0.2) is 36.4 Å². The lowest BCUT2D eigenvalue weighted by atomic mass is 9.95. The number of likely N-dealkylation sites (N-methyl/N-ethyl adjacent to an activating group) is 1. The van der Waals surface area contributed by atoms with Gasteiger partial charge in [0.2, 0.25) is 5.91 Å². The Labute approximate surface area is 182 Å². The first-order valence-corrected chi connectivity index (χ1v) is 10.9. The van der Waals surface area contributed by atoms with Crippen LogP contribution in [0.5, 0.6) is 0 Å². The molecule has 31 heavy (non-hydrogen) atoms. The van der Waals surface area contributed by atoms with Crippen LogP contribution >= 0.6 is 0 Å². The van der Waals surface area contributed by atoms with Gasteiger partial charge in [-0.15, -0.1) is 0 Å². The average molecular weight is 424 g/mol. The molecule has 164 valence electrons. The normalized spacial score (nSPS) is 21.5. The van der Waals surface area contributed by atoms with Crippen LogP contribution < -0.4 is 10.6 Å². The maximum Gasteiger partial charge on any atom is 0.272 e. The van der Waals surface area contributed by atoms with E-state index in [0.717, 1.165) is 31.2 Å². The first-order chi connectivity index (χ1) is 14.9. The Morgan fingerprint density at radius 2 is 1.87 bits per heavy atom. The van der Waals surface area contributed by atoms with Crippen molar-refractivity contribution in [1.82, 2.24) is 25.3 Å². The van der Waals surface area contributed by atoms with Crippen LogP contribution in [0.25, 0.3) is 0 Å². The summed E-state index contributed by atoms with van der Waals surface area (Å²) in [4.78, 5) is 40.1. The third-order valence-electron chi connectivity index (χ3n) is 6.46. The van der Waals surface area contributed by atoms with Gasteiger partial charge in [-0.1, -0.05) is 49.6 Å². The second-order valence-corrected chi connectivity index (χ2v) is 8.69. The van der Waals surface area contributed by atoms with E-state index >= 15 is 0 Å². The Balaban J connectivity index is 1.48. The molecule has 0 unspecified atom stereocenters. The van der Waals surface area contributed by atoms with Crippen LogP contribution in [-0.2, 0) is 17.9 Å². The molecule has 4 rings (SSSR count). The van der Waals surface area contributed by atoms with Crippen molar-refractivity contribution in [1.29, 1.82) is 0 Å². The molecule has 0 saturated heterocycles. The van der Waals surface area contributed by atoms with Gasteiger partial charge in [-0.05, 0) is 25.3 Å². The molecule has 2 heterocycles. The summed E-state index contributed by atoms with van der Waals surface area (Å²) >= 11 is 0. The molecule has 0 spiro atoms. The summed E-state index contributed by atoms with van der Waals surface area (Å²) in [5.41, 5.74) is 0.411. The third kappa shape index (κ3) is 4.19. The van der Waals surface area contributed by atoms with Crippen LogP contribution in [0.1, 0.15) is 65.6 Å². The number of rotatable bonds is 5. The first-order valence-electron chi connectivity index (χ1n) is 10.9. The second kappa shape index (κ2) is 8.53. The van der Waals surface area contributed by atoms with E-state index in [-0.39, 0.29) is 36.0 Å². The van der Waals surface area contributed by atoms with Crippen molar-refractivity contribution in [2.45, 2.75) is 63.7 Å². The molecule has 2 aliphatic rings. The topological polar surface area (TPSA) is 96.3 Å². The molecule has 2 N–H and O–H groups in total. The van der Waals surface area contributed by atoms with Crippen LogP contribution in [0.4, 0.5) is 0 Å². The van der Waals surface area contributed by atoms with Crippen molar-refractivity contribution in [2.75, 3.05) is 7.05 Å². The number of amides is 3. The van der Waals surface area contributed by atoms with Gasteiger partial charge in [0.15, 0.2) is 5.69 Å². The van der Waals surface area contributed by atoms with Gasteiger partial charge >= 0.3 is 0 Å². The number of nitrogens with one attached hydrogen (secondary N) is 2. The van der Waals surface area contributed by atoms with Crippen molar-refractivity contribution in [3.8, 4) is 0 Å². The predicted molar refractivity (Wildman–Crippen MR) is 115 cm³/mol. The van der Waals surface area contributed by atoms with E-state index in [1.807, 2.05) is 30.3 Å².